The zero-order chi connectivity index (χ0) is 13.4. The number of hydrogen-bond acceptors (Lipinski definition) is 6. The Labute approximate surface area is 114 Å². The first-order valence-corrected chi connectivity index (χ1v) is 6.32. The van der Waals surface area contributed by atoms with Gasteiger partial charge in [0, 0.05) is 24.5 Å². The summed E-state index contributed by atoms with van der Waals surface area (Å²) in [4.78, 5) is 17.1. The predicted molar refractivity (Wildman–Crippen MR) is 73.4 cm³/mol. The van der Waals surface area contributed by atoms with Crippen LogP contribution >= 0.6 is 0 Å². The van der Waals surface area contributed by atoms with Crippen LogP contribution in [0, 0.1) is 0 Å². The molecule has 0 saturated heterocycles. The van der Waals surface area contributed by atoms with E-state index in [2.05, 4.69) is 30.4 Å². The van der Waals surface area contributed by atoms with Crippen molar-refractivity contribution >= 4 is 11.6 Å². The number of rotatable bonds is 2. The standard InChI is InChI=1S/C13H11N7/c1-3-14-4-2-9(1)11-7-10(12-15-5-6-16-12)19-13-17-8-18-20(11)13/h1-4,7-8H,5-6H2,(H,15,16). The molecule has 4 heterocycles. The normalized spacial score (nSPS) is 14.3. The van der Waals surface area contributed by atoms with E-state index in [-0.39, 0.29) is 0 Å². The van der Waals surface area contributed by atoms with Crippen LogP contribution in [0.1, 0.15) is 5.69 Å². The van der Waals surface area contributed by atoms with Crippen LogP contribution in [-0.4, -0.2) is 43.5 Å². The van der Waals surface area contributed by atoms with Gasteiger partial charge in [-0.05, 0) is 18.2 Å². The minimum Gasteiger partial charge on any atom is -0.367 e. The van der Waals surface area contributed by atoms with Crippen molar-refractivity contribution in [3.63, 3.8) is 0 Å². The highest BCUT2D eigenvalue weighted by Gasteiger charge is 2.15. The van der Waals surface area contributed by atoms with Gasteiger partial charge >= 0.3 is 0 Å². The SMILES string of the molecule is c1cc(-c2cc(C3=NCCN3)nc3ncnn23)ccn1. The number of fused-ring (bicyclic) bond motifs is 1. The van der Waals surface area contributed by atoms with E-state index in [9.17, 15) is 0 Å². The largest absolute Gasteiger partial charge is 0.367 e. The number of amidine groups is 1. The second kappa shape index (κ2) is 4.37. The maximum atomic E-state index is 4.48. The smallest absolute Gasteiger partial charge is 0.253 e. The molecule has 0 radical (unpaired) electrons. The number of aromatic nitrogens is 5. The van der Waals surface area contributed by atoms with Crippen LogP contribution in [0.15, 0.2) is 41.9 Å². The molecule has 0 fully saturated rings. The molecule has 1 aliphatic rings. The number of pyridine rings is 1. The van der Waals surface area contributed by atoms with Crippen molar-refractivity contribution in [2.75, 3.05) is 13.1 Å². The average molecular weight is 265 g/mol. The van der Waals surface area contributed by atoms with Crippen molar-refractivity contribution in [1.82, 2.24) is 29.9 Å². The summed E-state index contributed by atoms with van der Waals surface area (Å²) in [5, 5.41) is 7.45. The number of aliphatic imine (C=N–C) groups is 1. The van der Waals surface area contributed by atoms with Gasteiger partial charge in [-0.2, -0.15) is 14.6 Å². The van der Waals surface area contributed by atoms with Crippen LogP contribution in [0.25, 0.3) is 17.0 Å². The Morgan fingerprint density at radius 1 is 1.20 bits per heavy atom. The Balaban J connectivity index is 1.96. The number of nitrogens with one attached hydrogen (secondary N) is 1. The number of hydrogen-bond donors (Lipinski definition) is 1. The molecule has 1 aliphatic heterocycles. The zero-order valence-corrected chi connectivity index (χ0v) is 10.6. The zero-order valence-electron chi connectivity index (χ0n) is 10.6. The van der Waals surface area contributed by atoms with E-state index in [1.54, 1.807) is 16.9 Å². The summed E-state index contributed by atoms with van der Waals surface area (Å²) in [5.74, 6) is 1.37. The van der Waals surface area contributed by atoms with Gasteiger partial charge in [-0.1, -0.05) is 0 Å². The fraction of sp³-hybridized carbons (Fsp3) is 0.154. The third kappa shape index (κ3) is 1.71. The third-order valence-electron chi connectivity index (χ3n) is 3.14. The van der Waals surface area contributed by atoms with E-state index in [1.165, 1.54) is 6.33 Å². The second-order valence-corrected chi connectivity index (χ2v) is 4.39. The molecule has 0 spiro atoms. The third-order valence-corrected chi connectivity index (χ3v) is 3.14. The molecule has 1 N–H and O–H groups in total. The van der Waals surface area contributed by atoms with Gasteiger partial charge in [-0.25, -0.2) is 4.98 Å². The van der Waals surface area contributed by atoms with Crippen molar-refractivity contribution in [2.24, 2.45) is 4.99 Å². The molecule has 0 bridgehead atoms. The lowest BCUT2D eigenvalue weighted by molar-refractivity contribution is 0.937. The lowest BCUT2D eigenvalue weighted by atomic mass is 10.1. The highest BCUT2D eigenvalue weighted by Crippen LogP contribution is 2.19. The topological polar surface area (TPSA) is 80.4 Å². The Morgan fingerprint density at radius 2 is 2.10 bits per heavy atom. The molecule has 20 heavy (non-hydrogen) atoms. The highest BCUT2D eigenvalue weighted by atomic mass is 15.3. The molecule has 4 rings (SSSR count). The van der Waals surface area contributed by atoms with Gasteiger partial charge < -0.3 is 5.32 Å². The minimum atomic E-state index is 0.561. The predicted octanol–water partition coefficient (Wildman–Crippen LogP) is 0.536. The van der Waals surface area contributed by atoms with Crippen LogP contribution in [0.4, 0.5) is 0 Å². The van der Waals surface area contributed by atoms with Crippen molar-refractivity contribution in [2.45, 2.75) is 0 Å². The molecule has 0 amide bonds. The van der Waals surface area contributed by atoms with Crippen LogP contribution < -0.4 is 5.32 Å². The Kier molecular flexibility index (Phi) is 2.41. The van der Waals surface area contributed by atoms with E-state index >= 15 is 0 Å². The quantitative estimate of drug-likeness (QED) is 0.731. The summed E-state index contributed by atoms with van der Waals surface area (Å²) in [7, 11) is 0. The van der Waals surface area contributed by atoms with Crippen molar-refractivity contribution in [3.8, 4) is 11.3 Å². The van der Waals surface area contributed by atoms with E-state index in [0.29, 0.717) is 5.78 Å². The van der Waals surface area contributed by atoms with Gasteiger partial charge in [-0.15, -0.1) is 0 Å². The molecule has 0 aromatic carbocycles. The first-order valence-electron chi connectivity index (χ1n) is 6.32. The molecule has 0 aliphatic carbocycles. The lowest BCUT2D eigenvalue weighted by Gasteiger charge is -2.07. The first-order chi connectivity index (χ1) is 9.92. The molecule has 7 heteroatoms. The van der Waals surface area contributed by atoms with Crippen LogP contribution in [0.3, 0.4) is 0 Å². The maximum Gasteiger partial charge on any atom is 0.253 e. The molecule has 3 aromatic heterocycles. The molecule has 0 atom stereocenters. The first kappa shape index (κ1) is 11.0. The monoisotopic (exact) mass is 265 g/mol. The van der Waals surface area contributed by atoms with Gasteiger partial charge in [0.05, 0.1) is 12.2 Å². The number of nitrogens with zero attached hydrogens (tertiary/aromatic N) is 6. The van der Waals surface area contributed by atoms with Gasteiger partial charge in [0.2, 0.25) is 0 Å². The summed E-state index contributed by atoms with van der Waals surface area (Å²) in [6, 6.07) is 5.84. The van der Waals surface area contributed by atoms with E-state index in [4.69, 9.17) is 0 Å². The molecule has 0 saturated carbocycles. The molecule has 7 nitrogen and oxygen atoms in total. The molecular weight excluding hydrogens is 254 g/mol. The van der Waals surface area contributed by atoms with E-state index in [1.807, 2.05) is 18.2 Å². The van der Waals surface area contributed by atoms with Crippen LogP contribution in [0.5, 0.6) is 0 Å². The van der Waals surface area contributed by atoms with Crippen molar-refractivity contribution in [3.05, 3.63) is 42.6 Å². The van der Waals surface area contributed by atoms with Crippen molar-refractivity contribution in [1.29, 1.82) is 0 Å². The average Bonchev–Trinajstić information content (AvgIpc) is 3.18. The van der Waals surface area contributed by atoms with Crippen LogP contribution in [0.2, 0.25) is 0 Å². The molecular formula is C13H11N7. The second-order valence-electron chi connectivity index (χ2n) is 4.39. The minimum absolute atomic E-state index is 0.561. The summed E-state index contributed by atoms with van der Waals surface area (Å²) < 4.78 is 1.72. The van der Waals surface area contributed by atoms with Gasteiger partial charge in [-0.3, -0.25) is 9.98 Å². The van der Waals surface area contributed by atoms with E-state index < -0.39 is 0 Å². The Morgan fingerprint density at radius 3 is 2.90 bits per heavy atom. The summed E-state index contributed by atoms with van der Waals surface area (Å²) in [6.07, 6.45) is 5.01. The van der Waals surface area contributed by atoms with Crippen LogP contribution in [-0.2, 0) is 0 Å². The van der Waals surface area contributed by atoms with Crippen molar-refractivity contribution < 1.29 is 0 Å². The van der Waals surface area contributed by atoms with Gasteiger partial charge in [0.15, 0.2) is 0 Å². The molecule has 0 unspecified atom stereocenters. The fourth-order valence-electron chi connectivity index (χ4n) is 2.23. The Bertz CT molecular complexity index is 791. The van der Waals surface area contributed by atoms with E-state index in [0.717, 1.165) is 35.9 Å². The Hall–Kier alpha value is -2.83. The molecule has 98 valence electrons. The molecule has 3 aromatic rings. The van der Waals surface area contributed by atoms with Gasteiger partial charge in [0.25, 0.3) is 5.78 Å². The highest BCUT2D eigenvalue weighted by molar-refractivity contribution is 5.99. The summed E-state index contributed by atoms with van der Waals surface area (Å²) >= 11 is 0. The lowest BCUT2D eigenvalue weighted by Crippen LogP contribution is -2.21. The fourth-order valence-corrected chi connectivity index (χ4v) is 2.23. The van der Waals surface area contributed by atoms with Gasteiger partial charge in [0.1, 0.15) is 17.9 Å². The maximum absolute atomic E-state index is 4.48. The summed E-state index contributed by atoms with van der Waals surface area (Å²) in [5.41, 5.74) is 2.72. The summed E-state index contributed by atoms with van der Waals surface area (Å²) in [6.45, 7) is 1.62.